The zero-order valence-electron chi connectivity index (χ0n) is 15.3. The first-order valence-electron chi connectivity index (χ1n) is 8.17. The first-order chi connectivity index (χ1) is 12.3. The number of hydrogen-bond acceptors (Lipinski definition) is 4. The zero-order valence-corrected chi connectivity index (χ0v) is 15.3. The van der Waals surface area contributed by atoms with Crippen LogP contribution in [-0.4, -0.2) is 31.2 Å². The normalized spacial score (nSPS) is 11.5. The van der Waals surface area contributed by atoms with Crippen molar-refractivity contribution in [1.29, 1.82) is 0 Å². The Kier molecular flexibility index (Phi) is 6.22. The van der Waals surface area contributed by atoms with Crippen molar-refractivity contribution in [2.24, 2.45) is 0 Å². The SMILES string of the molecule is COc1ccc(C(CC(=O)O)NC(=O)c2cc(C)cc(C)c2)cc1OC. The van der Waals surface area contributed by atoms with Crippen LogP contribution >= 0.6 is 0 Å². The van der Waals surface area contributed by atoms with Gasteiger partial charge in [-0.25, -0.2) is 0 Å². The number of aliphatic carboxylic acids is 1. The standard InChI is InChI=1S/C20H23NO5/c1-12-7-13(2)9-15(8-12)20(24)21-16(11-19(22)23)14-5-6-17(25-3)18(10-14)26-4/h5-10,16H,11H2,1-4H3,(H,21,24)(H,22,23). The van der Waals surface area contributed by atoms with E-state index in [0.29, 0.717) is 22.6 Å². The topological polar surface area (TPSA) is 84.9 Å². The number of carboxylic acids is 1. The fourth-order valence-electron chi connectivity index (χ4n) is 2.84. The molecule has 6 heteroatoms. The summed E-state index contributed by atoms with van der Waals surface area (Å²) in [6, 6.07) is 9.90. The van der Waals surface area contributed by atoms with Crippen molar-refractivity contribution in [3.05, 3.63) is 58.7 Å². The van der Waals surface area contributed by atoms with Crippen LogP contribution in [-0.2, 0) is 4.79 Å². The minimum absolute atomic E-state index is 0.244. The van der Waals surface area contributed by atoms with Gasteiger partial charge in [-0.05, 0) is 43.7 Å². The lowest BCUT2D eigenvalue weighted by Gasteiger charge is -2.19. The second kappa shape index (κ2) is 8.38. The lowest BCUT2D eigenvalue weighted by molar-refractivity contribution is -0.137. The fourth-order valence-corrected chi connectivity index (χ4v) is 2.84. The van der Waals surface area contributed by atoms with Crippen LogP contribution in [0.5, 0.6) is 11.5 Å². The maximum atomic E-state index is 12.6. The van der Waals surface area contributed by atoms with Gasteiger partial charge < -0.3 is 19.9 Å². The third-order valence-corrected chi connectivity index (χ3v) is 3.98. The highest BCUT2D eigenvalue weighted by molar-refractivity contribution is 5.95. The summed E-state index contributed by atoms with van der Waals surface area (Å²) in [5.41, 5.74) is 3.06. The van der Waals surface area contributed by atoms with Gasteiger partial charge in [-0.1, -0.05) is 23.3 Å². The average molecular weight is 357 g/mol. The quantitative estimate of drug-likeness (QED) is 0.794. The van der Waals surface area contributed by atoms with Gasteiger partial charge in [0.05, 0.1) is 26.7 Å². The van der Waals surface area contributed by atoms with Crippen molar-refractivity contribution in [2.45, 2.75) is 26.3 Å². The van der Waals surface area contributed by atoms with Crippen molar-refractivity contribution in [1.82, 2.24) is 5.32 Å². The highest BCUT2D eigenvalue weighted by Crippen LogP contribution is 2.31. The minimum Gasteiger partial charge on any atom is -0.493 e. The number of nitrogens with one attached hydrogen (secondary N) is 1. The summed E-state index contributed by atoms with van der Waals surface area (Å²) in [4.78, 5) is 23.9. The molecule has 0 bridgehead atoms. The molecule has 2 aromatic rings. The summed E-state index contributed by atoms with van der Waals surface area (Å²) < 4.78 is 10.5. The second-order valence-electron chi connectivity index (χ2n) is 6.11. The van der Waals surface area contributed by atoms with E-state index in [0.717, 1.165) is 11.1 Å². The van der Waals surface area contributed by atoms with E-state index in [-0.39, 0.29) is 12.3 Å². The van der Waals surface area contributed by atoms with Gasteiger partial charge in [0.1, 0.15) is 0 Å². The van der Waals surface area contributed by atoms with Crippen molar-refractivity contribution < 1.29 is 24.2 Å². The highest BCUT2D eigenvalue weighted by atomic mass is 16.5. The molecule has 0 saturated carbocycles. The third-order valence-electron chi connectivity index (χ3n) is 3.98. The van der Waals surface area contributed by atoms with Crippen molar-refractivity contribution in [3.8, 4) is 11.5 Å². The Morgan fingerprint density at radius 1 is 1.00 bits per heavy atom. The van der Waals surface area contributed by atoms with Crippen LogP contribution in [0.3, 0.4) is 0 Å². The Balaban J connectivity index is 2.32. The molecule has 0 radical (unpaired) electrons. The summed E-state index contributed by atoms with van der Waals surface area (Å²) >= 11 is 0. The van der Waals surface area contributed by atoms with Crippen LogP contribution in [0.2, 0.25) is 0 Å². The van der Waals surface area contributed by atoms with Gasteiger partial charge in [-0.15, -0.1) is 0 Å². The van der Waals surface area contributed by atoms with Crippen LogP contribution in [0.1, 0.15) is 39.5 Å². The molecule has 0 aliphatic rings. The number of ether oxygens (including phenoxy) is 2. The first-order valence-corrected chi connectivity index (χ1v) is 8.17. The van der Waals surface area contributed by atoms with Crippen molar-refractivity contribution >= 4 is 11.9 Å². The molecular formula is C20H23NO5. The number of hydrogen-bond donors (Lipinski definition) is 2. The molecule has 2 N–H and O–H groups in total. The Labute approximate surface area is 152 Å². The molecule has 1 atom stereocenters. The summed E-state index contributed by atoms with van der Waals surface area (Å²) in [5.74, 6) is -0.324. The Bertz CT molecular complexity index is 796. The fraction of sp³-hybridized carbons (Fsp3) is 0.300. The highest BCUT2D eigenvalue weighted by Gasteiger charge is 2.21. The molecule has 0 heterocycles. The number of aryl methyl sites for hydroxylation is 2. The smallest absolute Gasteiger partial charge is 0.305 e. The number of methoxy groups -OCH3 is 2. The third kappa shape index (κ3) is 4.75. The Morgan fingerprint density at radius 2 is 1.62 bits per heavy atom. The molecule has 0 fully saturated rings. The van der Waals surface area contributed by atoms with E-state index in [1.165, 1.54) is 14.2 Å². The van der Waals surface area contributed by atoms with E-state index in [4.69, 9.17) is 9.47 Å². The summed E-state index contributed by atoms with van der Waals surface area (Å²) in [6.45, 7) is 3.82. The molecule has 0 spiro atoms. The van der Waals surface area contributed by atoms with E-state index in [9.17, 15) is 14.7 Å². The molecular weight excluding hydrogens is 334 g/mol. The molecule has 0 aliphatic heterocycles. The van der Waals surface area contributed by atoms with E-state index in [1.807, 2.05) is 19.9 Å². The monoisotopic (exact) mass is 357 g/mol. The minimum atomic E-state index is -1.01. The van der Waals surface area contributed by atoms with Gasteiger partial charge in [-0.3, -0.25) is 9.59 Å². The predicted octanol–water partition coefficient (Wildman–Crippen LogP) is 3.27. The number of benzene rings is 2. The molecule has 0 aromatic heterocycles. The van der Waals surface area contributed by atoms with Crippen molar-refractivity contribution in [3.63, 3.8) is 0 Å². The number of rotatable bonds is 7. The van der Waals surface area contributed by atoms with Gasteiger partial charge in [-0.2, -0.15) is 0 Å². The Morgan fingerprint density at radius 3 is 2.15 bits per heavy atom. The first kappa shape index (κ1) is 19.3. The van der Waals surface area contributed by atoms with Crippen LogP contribution in [0.15, 0.2) is 36.4 Å². The molecule has 138 valence electrons. The Hall–Kier alpha value is -3.02. The zero-order chi connectivity index (χ0) is 19.3. The van der Waals surface area contributed by atoms with Crippen LogP contribution in [0, 0.1) is 13.8 Å². The number of carboxylic acid groups (broad SMARTS) is 1. The van der Waals surface area contributed by atoms with E-state index in [2.05, 4.69) is 5.32 Å². The van der Waals surface area contributed by atoms with Crippen molar-refractivity contribution in [2.75, 3.05) is 14.2 Å². The molecule has 26 heavy (non-hydrogen) atoms. The van der Waals surface area contributed by atoms with Gasteiger partial charge in [0.2, 0.25) is 0 Å². The predicted molar refractivity (Wildman–Crippen MR) is 97.9 cm³/mol. The molecule has 0 saturated heterocycles. The molecule has 6 nitrogen and oxygen atoms in total. The molecule has 2 rings (SSSR count). The average Bonchev–Trinajstić information content (AvgIpc) is 2.59. The van der Waals surface area contributed by atoms with E-state index < -0.39 is 12.0 Å². The number of carbonyl (C=O) groups excluding carboxylic acids is 1. The van der Waals surface area contributed by atoms with E-state index >= 15 is 0 Å². The molecule has 0 aliphatic carbocycles. The largest absolute Gasteiger partial charge is 0.493 e. The van der Waals surface area contributed by atoms with E-state index in [1.54, 1.807) is 30.3 Å². The molecule has 2 aromatic carbocycles. The lowest BCUT2D eigenvalue weighted by Crippen LogP contribution is -2.30. The van der Waals surface area contributed by atoms with Crippen LogP contribution in [0.4, 0.5) is 0 Å². The van der Waals surface area contributed by atoms with Crippen LogP contribution < -0.4 is 14.8 Å². The summed E-state index contributed by atoms with van der Waals surface area (Å²) in [5, 5.41) is 12.0. The lowest BCUT2D eigenvalue weighted by atomic mass is 10.0. The second-order valence-corrected chi connectivity index (χ2v) is 6.11. The van der Waals surface area contributed by atoms with Crippen LogP contribution in [0.25, 0.3) is 0 Å². The van der Waals surface area contributed by atoms with Gasteiger partial charge in [0.15, 0.2) is 11.5 Å². The van der Waals surface area contributed by atoms with Gasteiger partial charge in [0, 0.05) is 5.56 Å². The number of carbonyl (C=O) groups is 2. The van der Waals surface area contributed by atoms with Gasteiger partial charge in [0.25, 0.3) is 5.91 Å². The number of amides is 1. The summed E-state index contributed by atoms with van der Waals surface area (Å²) in [6.07, 6.45) is -0.244. The van der Waals surface area contributed by atoms with Gasteiger partial charge >= 0.3 is 5.97 Å². The molecule has 1 unspecified atom stereocenters. The molecule has 1 amide bonds. The maximum Gasteiger partial charge on any atom is 0.305 e. The summed E-state index contributed by atoms with van der Waals surface area (Å²) in [7, 11) is 3.02. The maximum absolute atomic E-state index is 12.6.